The number of hydrogen-bond donors (Lipinski definition) is 0. The lowest BCUT2D eigenvalue weighted by Crippen LogP contribution is -2.11. The largest absolute Gasteiger partial charge is 0.288 e. The first-order valence-corrected chi connectivity index (χ1v) is 7.45. The molecular formula is C15H15BrOS. The van der Waals surface area contributed by atoms with E-state index in [1.54, 1.807) is 0 Å². The standard InChI is InChI=1S/C15H15BrOS/c1-15(2,3)11-6-4-10(5-7-11)13(17)14-12(16)8-9-18-14/h4-9H,1-3H3. The first-order chi connectivity index (χ1) is 8.39. The number of carbonyl (C=O) groups is 1. The molecule has 3 heteroatoms. The molecule has 0 atom stereocenters. The highest BCUT2D eigenvalue weighted by Crippen LogP contribution is 2.27. The van der Waals surface area contributed by atoms with Gasteiger partial charge in [0.1, 0.15) is 0 Å². The van der Waals surface area contributed by atoms with Gasteiger partial charge in [0.15, 0.2) is 0 Å². The van der Waals surface area contributed by atoms with Gasteiger partial charge in [-0.15, -0.1) is 11.3 Å². The highest BCUT2D eigenvalue weighted by Gasteiger charge is 2.16. The van der Waals surface area contributed by atoms with Crippen molar-refractivity contribution in [2.24, 2.45) is 0 Å². The number of ketones is 1. The topological polar surface area (TPSA) is 17.1 Å². The summed E-state index contributed by atoms with van der Waals surface area (Å²) in [5.74, 6) is 0.0809. The van der Waals surface area contributed by atoms with E-state index in [0.29, 0.717) is 0 Å². The van der Waals surface area contributed by atoms with Gasteiger partial charge in [-0.05, 0) is 38.4 Å². The van der Waals surface area contributed by atoms with Gasteiger partial charge in [-0.25, -0.2) is 0 Å². The Hall–Kier alpha value is -0.930. The molecule has 0 unspecified atom stereocenters. The fourth-order valence-electron chi connectivity index (χ4n) is 1.71. The Labute approximate surface area is 120 Å². The molecule has 0 N–H and O–H groups in total. The highest BCUT2D eigenvalue weighted by atomic mass is 79.9. The number of halogens is 1. The predicted molar refractivity (Wildman–Crippen MR) is 80.6 cm³/mol. The van der Waals surface area contributed by atoms with Gasteiger partial charge in [0, 0.05) is 10.0 Å². The zero-order chi connectivity index (χ0) is 13.3. The first kappa shape index (κ1) is 13.5. The molecule has 1 nitrogen and oxygen atoms in total. The maximum atomic E-state index is 12.3. The maximum absolute atomic E-state index is 12.3. The van der Waals surface area contributed by atoms with Crippen LogP contribution in [-0.2, 0) is 5.41 Å². The summed E-state index contributed by atoms with van der Waals surface area (Å²) in [6, 6.07) is 9.80. The quantitative estimate of drug-likeness (QED) is 0.708. The van der Waals surface area contributed by atoms with Gasteiger partial charge in [0.25, 0.3) is 0 Å². The summed E-state index contributed by atoms with van der Waals surface area (Å²) in [4.78, 5) is 13.0. The van der Waals surface area contributed by atoms with Crippen LogP contribution in [0.2, 0.25) is 0 Å². The molecule has 2 aromatic rings. The van der Waals surface area contributed by atoms with Crippen LogP contribution in [0.4, 0.5) is 0 Å². The van der Waals surface area contributed by atoms with Gasteiger partial charge in [0.2, 0.25) is 5.78 Å². The molecule has 0 saturated heterocycles. The van der Waals surface area contributed by atoms with Crippen molar-refractivity contribution in [1.29, 1.82) is 0 Å². The van der Waals surface area contributed by atoms with Crippen molar-refractivity contribution in [3.63, 3.8) is 0 Å². The zero-order valence-electron chi connectivity index (χ0n) is 10.7. The molecule has 1 heterocycles. The lowest BCUT2D eigenvalue weighted by Gasteiger charge is -2.18. The SMILES string of the molecule is CC(C)(C)c1ccc(C(=O)c2sccc2Br)cc1. The van der Waals surface area contributed by atoms with Crippen LogP contribution in [0.1, 0.15) is 41.6 Å². The third kappa shape index (κ3) is 2.73. The molecule has 0 saturated carbocycles. The minimum absolute atomic E-state index is 0.0809. The number of hydrogen-bond acceptors (Lipinski definition) is 2. The summed E-state index contributed by atoms with van der Waals surface area (Å²) in [6.07, 6.45) is 0. The molecule has 18 heavy (non-hydrogen) atoms. The van der Waals surface area contributed by atoms with Gasteiger partial charge < -0.3 is 0 Å². The molecule has 0 spiro atoms. The Morgan fingerprint density at radius 2 is 1.72 bits per heavy atom. The Kier molecular flexibility index (Phi) is 3.74. The average molecular weight is 323 g/mol. The number of thiophene rings is 1. The van der Waals surface area contributed by atoms with Crippen LogP contribution < -0.4 is 0 Å². The fourth-order valence-corrected chi connectivity index (χ4v) is 3.22. The van der Waals surface area contributed by atoms with E-state index < -0.39 is 0 Å². The van der Waals surface area contributed by atoms with E-state index in [0.717, 1.165) is 14.9 Å². The van der Waals surface area contributed by atoms with E-state index in [1.165, 1.54) is 16.9 Å². The molecule has 0 fully saturated rings. The highest BCUT2D eigenvalue weighted by molar-refractivity contribution is 9.10. The molecule has 0 aliphatic carbocycles. The van der Waals surface area contributed by atoms with Crippen LogP contribution in [-0.4, -0.2) is 5.78 Å². The maximum Gasteiger partial charge on any atom is 0.204 e. The lowest BCUT2D eigenvalue weighted by atomic mass is 9.86. The monoisotopic (exact) mass is 322 g/mol. The predicted octanol–water partition coefficient (Wildman–Crippen LogP) is 5.04. The van der Waals surface area contributed by atoms with E-state index in [9.17, 15) is 4.79 Å². The van der Waals surface area contributed by atoms with Crippen molar-refractivity contribution in [3.05, 3.63) is 56.2 Å². The number of benzene rings is 1. The summed E-state index contributed by atoms with van der Waals surface area (Å²) in [6.45, 7) is 6.50. The summed E-state index contributed by atoms with van der Waals surface area (Å²) in [7, 11) is 0. The summed E-state index contributed by atoms with van der Waals surface area (Å²) in [5, 5.41) is 1.92. The molecule has 0 bridgehead atoms. The van der Waals surface area contributed by atoms with Crippen molar-refractivity contribution in [3.8, 4) is 0 Å². The first-order valence-electron chi connectivity index (χ1n) is 5.78. The number of carbonyl (C=O) groups excluding carboxylic acids is 1. The summed E-state index contributed by atoms with van der Waals surface area (Å²) >= 11 is 4.87. The minimum Gasteiger partial charge on any atom is -0.288 e. The van der Waals surface area contributed by atoms with Gasteiger partial charge in [-0.2, -0.15) is 0 Å². The van der Waals surface area contributed by atoms with E-state index in [4.69, 9.17) is 0 Å². The van der Waals surface area contributed by atoms with Crippen LogP contribution in [0, 0.1) is 0 Å². The zero-order valence-corrected chi connectivity index (χ0v) is 13.1. The minimum atomic E-state index is 0.0809. The van der Waals surface area contributed by atoms with E-state index >= 15 is 0 Å². The Morgan fingerprint density at radius 3 is 2.17 bits per heavy atom. The van der Waals surface area contributed by atoms with E-state index in [-0.39, 0.29) is 11.2 Å². The summed E-state index contributed by atoms with van der Waals surface area (Å²) < 4.78 is 0.873. The molecule has 0 radical (unpaired) electrons. The van der Waals surface area contributed by atoms with Gasteiger partial charge in [-0.3, -0.25) is 4.79 Å². The van der Waals surface area contributed by atoms with Crippen LogP contribution in [0.3, 0.4) is 0 Å². The molecule has 0 amide bonds. The third-order valence-corrected chi connectivity index (χ3v) is 4.67. The normalized spacial score (nSPS) is 11.6. The van der Waals surface area contributed by atoms with E-state index in [2.05, 4.69) is 36.7 Å². The van der Waals surface area contributed by atoms with Crippen molar-refractivity contribution >= 4 is 33.0 Å². The smallest absolute Gasteiger partial charge is 0.204 e. The third-order valence-electron chi connectivity index (χ3n) is 2.84. The molecule has 94 valence electrons. The van der Waals surface area contributed by atoms with Crippen molar-refractivity contribution in [2.45, 2.75) is 26.2 Å². The van der Waals surface area contributed by atoms with Gasteiger partial charge >= 0.3 is 0 Å². The molecule has 1 aromatic heterocycles. The van der Waals surface area contributed by atoms with E-state index in [1.807, 2.05) is 35.7 Å². The van der Waals surface area contributed by atoms with Crippen LogP contribution in [0.25, 0.3) is 0 Å². The molecule has 0 aliphatic heterocycles. The van der Waals surface area contributed by atoms with Crippen LogP contribution in [0.5, 0.6) is 0 Å². The molecule has 0 aliphatic rings. The van der Waals surface area contributed by atoms with Crippen molar-refractivity contribution < 1.29 is 4.79 Å². The number of rotatable bonds is 2. The molecular weight excluding hydrogens is 308 g/mol. The lowest BCUT2D eigenvalue weighted by molar-refractivity contribution is 0.104. The van der Waals surface area contributed by atoms with Crippen LogP contribution in [0.15, 0.2) is 40.2 Å². The Morgan fingerprint density at radius 1 is 1.11 bits per heavy atom. The second-order valence-electron chi connectivity index (χ2n) is 5.25. The fraction of sp³-hybridized carbons (Fsp3) is 0.267. The molecule has 1 aromatic carbocycles. The second-order valence-corrected chi connectivity index (χ2v) is 7.02. The van der Waals surface area contributed by atoms with Crippen molar-refractivity contribution in [1.82, 2.24) is 0 Å². The second kappa shape index (κ2) is 4.98. The van der Waals surface area contributed by atoms with Crippen molar-refractivity contribution in [2.75, 3.05) is 0 Å². The Bertz CT molecular complexity index is 561. The average Bonchev–Trinajstić information content (AvgIpc) is 2.73. The molecule has 2 rings (SSSR count). The summed E-state index contributed by atoms with van der Waals surface area (Å²) in [5.41, 5.74) is 2.10. The van der Waals surface area contributed by atoms with Crippen LogP contribution >= 0.6 is 27.3 Å². The van der Waals surface area contributed by atoms with Gasteiger partial charge in [0.05, 0.1) is 4.88 Å². The Balaban J connectivity index is 2.31. The van der Waals surface area contributed by atoms with Gasteiger partial charge in [-0.1, -0.05) is 45.0 Å².